The van der Waals surface area contributed by atoms with Gasteiger partial charge >= 0.3 is 0 Å². The van der Waals surface area contributed by atoms with Crippen molar-refractivity contribution in [1.82, 2.24) is 9.80 Å². The number of hydrogen-bond donors (Lipinski definition) is 1. The monoisotopic (exact) mass is 451 g/mol. The topological polar surface area (TPSA) is 27.7 Å². The molecule has 156 valence electrons. The van der Waals surface area contributed by atoms with E-state index in [9.17, 15) is 0 Å². The number of aryl methyl sites for hydroxylation is 1. The molecule has 29 heavy (non-hydrogen) atoms. The van der Waals surface area contributed by atoms with Crippen molar-refractivity contribution in [2.24, 2.45) is 0 Å². The minimum atomic E-state index is 0.598. The van der Waals surface area contributed by atoms with Crippen LogP contribution in [0.5, 0.6) is 0 Å². The highest BCUT2D eigenvalue weighted by Gasteiger charge is 2.15. The van der Waals surface area contributed by atoms with Crippen LogP contribution in [0, 0.1) is 6.92 Å². The average molecular weight is 452 g/mol. The van der Waals surface area contributed by atoms with E-state index < -0.39 is 0 Å². The summed E-state index contributed by atoms with van der Waals surface area (Å²) in [5.41, 5.74) is 3.20. The Bertz CT molecular complexity index is 810. The minimum Gasteiger partial charge on any atom is -0.379 e. The van der Waals surface area contributed by atoms with Gasteiger partial charge in [-0.15, -0.1) is 0 Å². The van der Waals surface area contributed by atoms with Crippen molar-refractivity contribution < 1.29 is 4.74 Å². The second kappa shape index (κ2) is 11.1. The van der Waals surface area contributed by atoms with E-state index in [1.165, 1.54) is 11.1 Å². The number of nitrogens with one attached hydrogen (secondary N) is 1. The SMILES string of the molecule is Cc1ccc(CN(CCCN2CCOCC2)C(=S)Nc2cc(Cl)ccc2Cl)cc1. The molecule has 0 radical (unpaired) electrons. The third kappa shape index (κ3) is 7.12. The quantitative estimate of drug-likeness (QED) is 0.582. The van der Waals surface area contributed by atoms with E-state index in [0.717, 1.165) is 58.0 Å². The van der Waals surface area contributed by atoms with Crippen LogP contribution < -0.4 is 5.32 Å². The standard InChI is InChI=1S/C22H27Cl2N3OS/c1-17-3-5-18(6-4-17)16-27(10-2-9-26-11-13-28-14-12-26)22(29)25-21-15-19(23)7-8-20(21)24/h3-8,15H,2,9-14,16H2,1H3,(H,25,29). The van der Waals surface area contributed by atoms with Crippen molar-refractivity contribution in [2.45, 2.75) is 19.9 Å². The van der Waals surface area contributed by atoms with Gasteiger partial charge < -0.3 is 15.0 Å². The van der Waals surface area contributed by atoms with Crippen molar-refractivity contribution in [3.8, 4) is 0 Å². The van der Waals surface area contributed by atoms with E-state index in [-0.39, 0.29) is 0 Å². The van der Waals surface area contributed by atoms with Crippen molar-refractivity contribution in [2.75, 3.05) is 44.7 Å². The molecule has 1 aliphatic heterocycles. The summed E-state index contributed by atoms with van der Waals surface area (Å²) in [6.07, 6.45) is 1.02. The number of morpholine rings is 1. The molecule has 0 amide bonds. The first-order chi connectivity index (χ1) is 14.0. The summed E-state index contributed by atoms with van der Waals surface area (Å²) >= 11 is 18.2. The Morgan fingerprint density at radius 3 is 2.59 bits per heavy atom. The zero-order chi connectivity index (χ0) is 20.6. The summed E-state index contributed by atoms with van der Waals surface area (Å²) in [4.78, 5) is 4.63. The van der Waals surface area contributed by atoms with E-state index in [0.29, 0.717) is 15.2 Å². The largest absolute Gasteiger partial charge is 0.379 e. The zero-order valence-corrected chi connectivity index (χ0v) is 19.0. The summed E-state index contributed by atoms with van der Waals surface area (Å²) in [6.45, 7) is 8.37. The molecule has 1 N–H and O–H groups in total. The van der Waals surface area contributed by atoms with Crippen LogP contribution in [-0.2, 0) is 11.3 Å². The van der Waals surface area contributed by atoms with Gasteiger partial charge in [0.25, 0.3) is 0 Å². The second-order valence-electron chi connectivity index (χ2n) is 7.27. The molecule has 2 aromatic carbocycles. The Morgan fingerprint density at radius 2 is 1.86 bits per heavy atom. The number of hydrogen-bond acceptors (Lipinski definition) is 3. The van der Waals surface area contributed by atoms with Crippen molar-refractivity contribution in [3.63, 3.8) is 0 Å². The van der Waals surface area contributed by atoms with Crippen LogP contribution >= 0.6 is 35.4 Å². The summed E-state index contributed by atoms with van der Waals surface area (Å²) < 4.78 is 5.44. The molecule has 0 aliphatic carbocycles. The van der Waals surface area contributed by atoms with Gasteiger partial charge in [-0.3, -0.25) is 4.90 Å². The summed E-state index contributed by atoms with van der Waals surface area (Å²) in [5, 5.41) is 5.15. The molecule has 0 unspecified atom stereocenters. The number of thiocarbonyl (C=S) groups is 1. The molecule has 1 saturated heterocycles. The van der Waals surface area contributed by atoms with Gasteiger partial charge in [-0.05, 0) is 49.3 Å². The Morgan fingerprint density at radius 1 is 1.14 bits per heavy atom. The van der Waals surface area contributed by atoms with Gasteiger partial charge in [0.1, 0.15) is 0 Å². The molecule has 4 nitrogen and oxygen atoms in total. The lowest BCUT2D eigenvalue weighted by molar-refractivity contribution is 0.0368. The fraction of sp³-hybridized carbons (Fsp3) is 0.409. The fourth-order valence-electron chi connectivity index (χ4n) is 3.26. The lowest BCUT2D eigenvalue weighted by Gasteiger charge is -2.30. The Labute approximate surface area is 188 Å². The first-order valence-corrected chi connectivity index (χ1v) is 11.0. The van der Waals surface area contributed by atoms with Crippen molar-refractivity contribution in [1.29, 1.82) is 0 Å². The highest BCUT2D eigenvalue weighted by Crippen LogP contribution is 2.26. The molecule has 0 atom stereocenters. The van der Waals surface area contributed by atoms with Gasteiger partial charge in [0.15, 0.2) is 5.11 Å². The number of rotatable bonds is 7. The fourth-order valence-corrected chi connectivity index (χ4v) is 3.87. The van der Waals surface area contributed by atoms with Gasteiger partial charge in [-0.25, -0.2) is 0 Å². The van der Waals surface area contributed by atoms with E-state index in [1.807, 2.05) is 0 Å². The molecular formula is C22H27Cl2N3OS. The smallest absolute Gasteiger partial charge is 0.173 e. The van der Waals surface area contributed by atoms with Crippen molar-refractivity contribution >= 4 is 46.2 Å². The van der Waals surface area contributed by atoms with Crippen LogP contribution in [0.4, 0.5) is 5.69 Å². The number of benzene rings is 2. The molecular weight excluding hydrogens is 425 g/mol. The van der Waals surface area contributed by atoms with Crippen molar-refractivity contribution in [3.05, 3.63) is 63.6 Å². The maximum absolute atomic E-state index is 6.31. The summed E-state index contributed by atoms with van der Waals surface area (Å²) in [6, 6.07) is 13.9. The lowest BCUT2D eigenvalue weighted by Crippen LogP contribution is -2.40. The van der Waals surface area contributed by atoms with Crippen LogP contribution in [0.25, 0.3) is 0 Å². The highest BCUT2D eigenvalue weighted by molar-refractivity contribution is 7.80. The minimum absolute atomic E-state index is 0.598. The normalized spacial score (nSPS) is 14.6. The molecule has 3 rings (SSSR count). The van der Waals surface area contributed by atoms with Crippen LogP contribution in [0.15, 0.2) is 42.5 Å². The Kier molecular flexibility index (Phi) is 8.57. The molecule has 0 aromatic heterocycles. The lowest BCUT2D eigenvalue weighted by atomic mass is 10.1. The molecule has 7 heteroatoms. The maximum Gasteiger partial charge on any atom is 0.173 e. The number of anilines is 1. The van der Waals surface area contributed by atoms with E-state index in [1.54, 1.807) is 18.2 Å². The zero-order valence-electron chi connectivity index (χ0n) is 16.7. The number of ether oxygens (including phenoxy) is 1. The molecule has 0 bridgehead atoms. The van der Waals surface area contributed by atoms with Gasteiger partial charge in [0.05, 0.1) is 23.9 Å². The first-order valence-electron chi connectivity index (χ1n) is 9.88. The third-order valence-electron chi connectivity index (χ3n) is 4.96. The third-order valence-corrected chi connectivity index (χ3v) is 5.88. The average Bonchev–Trinajstić information content (AvgIpc) is 2.72. The number of nitrogens with zero attached hydrogens (tertiary/aromatic N) is 2. The molecule has 0 saturated carbocycles. The second-order valence-corrected chi connectivity index (χ2v) is 8.50. The predicted molar refractivity (Wildman–Crippen MR) is 126 cm³/mol. The van der Waals surface area contributed by atoms with E-state index >= 15 is 0 Å². The predicted octanol–water partition coefficient (Wildman–Crippen LogP) is 5.22. The Balaban J connectivity index is 1.65. The number of halogens is 2. The van der Waals surface area contributed by atoms with Crippen LogP contribution in [0.2, 0.25) is 10.0 Å². The maximum atomic E-state index is 6.31. The molecule has 1 heterocycles. The molecule has 0 spiro atoms. The van der Waals surface area contributed by atoms with E-state index in [2.05, 4.69) is 46.3 Å². The van der Waals surface area contributed by atoms with Crippen LogP contribution in [-0.4, -0.2) is 54.3 Å². The summed E-state index contributed by atoms with van der Waals surface area (Å²) in [5.74, 6) is 0. The van der Waals surface area contributed by atoms with Gasteiger partial charge in [-0.2, -0.15) is 0 Å². The van der Waals surface area contributed by atoms with Gasteiger partial charge in [-0.1, -0.05) is 53.0 Å². The van der Waals surface area contributed by atoms with Gasteiger partial charge in [0.2, 0.25) is 0 Å². The van der Waals surface area contributed by atoms with Gasteiger partial charge in [0, 0.05) is 37.7 Å². The molecule has 1 aliphatic rings. The first kappa shape index (κ1) is 22.3. The molecule has 1 fully saturated rings. The highest BCUT2D eigenvalue weighted by atomic mass is 35.5. The van der Waals surface area contributed by atoms with Crippen LogP contribution in [0.3, 0.4) is 0 Å². The van der Waals surface area contributed by atoms with Crippen LogP contribution in [0.1, 0.15) is 17.5 Å². The summed E-state index contributed by atoms with van der Waals surface area (Å²) in [7, 11) is 0. The van der Waals surface area contributed by atoms with E-state index in [4.69, 9.17) is 40.2 Å². The Hall–Kier alpha value is -1.37. The molecule has 2 aromatic rings.